The summed E-state index contributed by atoms with van der Waals surface area (Å²) in [5.41, 5.74) is 2.37. The highest BCUT2D eigenvalue weighted by molar-refractivity contribution is 5.92. The van der Waals surface area contributed by atoms with E-state index in [9.17, 15) is 14.0 Å². The normalized spacial score (nSPS) is 11.6. The molecule has 0 radical (unpaired) electrons. The lowest BCUT2D eigenvalue weighted by atomic mass is 9.99. The van der Waals surface area contributed by atoms with Gasteiger partial charge in [-0.1, -0.05) is 38.1 Å². The number of nitrogens with one attached hydrogen (secondary N) is 1. The highest BCUT2D eigenvalue weighted by Crippen LogP contribution is 2.20. The third-order valence-electron chi connectivity index (χ3n) is 3.98. The van der Waals surface area contributed by atoms with Crippen LogP contribution in [0.4, 0.5) is 10.1 Å². The summed E-state index contributed by atoms with van der Waals surface area (Å²) in [6.45, 7) is 3.89. The van der Waals surface area contributed by atoms with Crippen molar-refractivity contribution in [1.29, 1.82) is 0 Å². The van der Waals surface area contributed by atoms with Crippen LogP contribution in [0.1, 0.15) is 37.3 Å². The van der Waals surface area contributed by atoms with Crippen molar-refractivity contribution in [2.24, 2.45) is 0 Å². The van der Waals surface area contributed by atoms with Crippen molar-refractivity contribution in [2.75, 3.05) is 11.9 Å². The number of carbonyl (C=O) groups is 2. The van der Waals surface area contributed by atoms with Gasteiger partial charge in [-0.05, 0) is 47.7 Å². The van der Waals surface area contributed by atoms with Crippen LogP contribution >= 0.6 is 0 Å². The van der Waals surface area contributed by atoms with Crippen molar-refractivity contribution in [1.82, 2.24) is 0 Å². The van der Waals surface area contributed by atoms with Gasteiger partial charge in [0.2, 0.25) is 0 Å². The molecule has 2 aromatic rings. The van der Waals surface area contributed by atoms with Gasteiger partial charge in [-0.15, -0.1) is 0 Å². The molecule has 0 saturated carbocycles. The van der Waals surface area contributed by atoms with Gasteiger partial charge in [0.25, 0.3) is 5.91 Å². The van der Waals surface area contributed by atoms with Gasteiger partial charge in [-0.25, -0.2) is 4.39 Å². The van der Waals surface area contributed by atoms with E-state index in [1.165, 1.54) is 23.8 Å². The van der Waals surface area contributed by atoms with Crippen LogP contribution in [0.3, 0.4) is 0 Å². The van der Waals surface area contributed by atoms with Gasteiger partial charge >= 0.3 is 5.97 Å². The first-order valence-corrected chi connectivity index (χ1v) is 8.27. The molecule has 2 aromatic carbocycles. The molecule has 25 heavy (non-hydrogen) atoms. The van der Waals surface area contributed by atoms with E-state index in [1.54, 1.807) is 6.07 Å². The minimum absolute atomic E-state index is 0.0748. The zero-order chi connectivity index (χ0) is 18.2. The zero-order valence-electron chi connectivity index (χ0n) is 14.4. The first-order chi connectivity index (χ1) is 12.0. The second kappa shape index (κ2) is 8.97. The molecule has 0 fully saturated rings. The molecule has 2 rings (SSSR count). The fourth-order valence-electron chi connectivity index (χ4n) is 2.34. The van der Waals surface area contributed by atoms with Crippen molar-refractivity contribution in [3.63, 3.8) is 0 Å². The number of hydrogen-bond acceptors (Lipinski definition) is 3. The van der Waals surface area contributed by atoms with Gasteiger partial charge in [0, 0.05) is 5.69 Å². The predicted octanol–water partition coefficient (Wildman–Crippen LogP) is 4.06. The Labute approximate surface area is 147 Å². The van der Waals surface area contributed by atoms with Crippen molar-refractivity contribution >= 4 is 17.6 Å². The van der Waals surface area contributed by atoms with Gasteiger partial charge in [0.05, 0.1) is 6.42 Å². The molecule has 0 spiro atoms. The van der Waals surface area contributed by atoms with E-state index in [0.29, 0.717) is 17.2 Å². The number of rotatable bonds is 7. The van der Waals surface area contributed by atoms with Crippen molar-refractivity contribution in [3.05, 3.63) is 65.5 Å². The van der Waals surface area contributed by atoms with E-state index < -0.39 is 17.7 Å². The standard InChI is InChI=1S/C20H22FNO3/c1-3-14(2)16-7-9-18(10-8-16)22-19(23)13-25-20(24)12-15-5-4-6-17(21)11-15/h4-11,14H,3,12-13H2,1-2H3,(H,22,23)/t14-/m1/s1. The Morgan fingerprint density at radius 3 is 2.52 bits per heavy atom. The first-order valence-electron chi connectivity index (χ1n) is 8.27. The van der Waals surface area contributed by atoms with E-state index in [1.807, 2.05) is 24.3 Å². The summed E-state index contributed by atoms with van der Waals surface area (Å²) in [6.07, 6.45) is 0.974. The number of esters is 1. The Bertz CT molecular complexity index is 728. The van der Waals surface area contributed by atoms with Crippen LogP contribution in [-0.4, -0.2) is 18.5 Å². The van der Waals surface area contributed by atoms with E-state index in [0.717, 1.165) is 6.42 Å². The third kappa shape index (κ3) is 6.03. The van der Waals surface area contributed by atoms with E-state index in [2.05, 4.69) is 19.2 Å². The Hall–Kier alpha value is -2.69. The lowest BCUT2D eigenvalue weighted by molar-refractivity contribution is -0.146. The Morgan fingerprint density at radius 2 is 1.88 bits per heavy atom. The molecule has 0 aliphatic carbocycles. The number of amides is 1. The maximum absolute atomic E-state index is 13.1. The molecule has 0 saturated heterocycles. The highest BCUT2D eigenvalue weighted by Gasteiger charge is 2.10. The summed E-state index contributed by atoms with van der Waals surface area (Å²) in [5, 5.41) is 2.68. The van der Waals surface area contributed by atoms with Crippen molar-refractivity contribution < 1.29 is 18.7 Å². The molecule has 0 bridgehead atoms. The molecule has 1 amide bonds. The number of carbonyl (C=O) groups excluding carboxylic acids is 2. The average molecular weight is 343 g/mol. The molecular weight excluding hydrogens is 321 g/mol. The molecule has 0 unspecified atom stereocenters. The molecule has 0 aromatic heterocycles. The molecule has 0 aliphatic rings. The summed E-state index contributed by atoms with van der Waals surface area (Å²) in [6, 6.07) is 13.3. The maximum Gasteiger partial charge on any atom is 0.310 e. The van der Waals surface area contributed by atoms with E-state index in [4.69, 9.17) is 4.74 Å². The largest absolute Gasteiger partial charge is 0.455 e. The minimum Gasteiger partial charge on any atom is -0.455 e. The minimum atomic E-state index is -0.576. The number of ether oxygens (including phenoxy) is 1. The fraction of sp³-hybridized carbons (Fsp3) is 0.300. The number of halogens is 1. The second-order valence-corrected chi connectivity index (χ2v) is 5.95. The molecule has 132 valence electrons. The number of benzene rings is 2. The topological polar surface area (TPSA) is 55.4 Å². The quantitative estimate of drug-likeness (QED) is 0.771. The van der Waals surface area contributed by atoms with Crippen LogP contribution in [0.2, 0.25) is 0 Å². The van der Waals surface area contributed by atoms with Gasteiger partial charge in [-0.3, -0.25) is 9.59 Å². The van der Waals surface area contributed by atoms with Crippen LogP contribution in [0.25, 0.3) is 0 Å². The summed E-state index contributed by atoms with van der Waals surface area (Å²) in [5.74, 6) is -0.936. The lowest BCUT2D eigenvalue weighted by Crippen LogP contribution is -2.21. The molecule has 0 heterocycles. The van der Waals surface area contributed by atoms with Crippen LogP contribution in [0.15, 0.2) is 48.5 Å². The molecule has 0 aliphatic heterocycles. The van der Waals surface area contributed by atoms with E-state index in [-0.39, 0.29) is 13.0 Å². The van der Waals surface area contributed by atoms with E-state index >= 15 is 0 Å². The van der Waals surface area contributed by atoms with Crippen LogP contribution < -0.4 is 5.32 Å². The summed E-state index contributed by atoms with van der Waals surface area (Å²) in [7, 11) is 0. The lowest BCUT2D eigenvalue weighted by Gasteiger charge is -2.10. The summed E-state index contributed by atoms with van der Waals surface area (Å²) < 4.78 is 18.0. The SMILES string of the molecule is CC[C@@H](C)c1ccc(NC(=O)COC(=O)Cc2cccc(F)c2)cc1. The Balaban J connectivity index is 1.79. The Morgan fingerprint density at radius 1 is 1.16 bits per heavy atom. The van der Waals surface area contributed by atoms with Crippen LogP contribution in [-0.2, 0) is 20.7 Å². The summed E-state index contributed by atoms with van der Waals surface area (Å²) >= 11 is 0. The van der Waals surface area contributed by atoms with Crippen LogP contribution in [0, 0.1) is 5.82 Å². The third-order valence-corrected chi connectivity index (χ3v) is 3.98. The first kappa shape index (κ1) is 18.6. The smallest absolute Gasteiger partial charge is 0.310 e. The van der Waals surface area contributed by atoms with Gasteiger partial charge < -0.3 is 10.1 Å². The Kier molecular flexibility index (Phi) is 6.69. The predicted molar refractivity (Wildman–Crippen MR) is 94.8 cm³/mol. The van der Waals surface area contributed by atoms with Gasteiger partial charge in [0.15, 0.2) is 6.61 Å². The average Bonchev–Trinajstić information content (AvgIpc) is 2.60. The van der Waals surface area contributed by atoms with Gasteiger partial charge in [-0.2, -0.15) is 0 Å². The summed E-state index contributed by atoms with van der Waals surface area (Å²) in [4.78, 5) is 23.6. The van der Waals surface area contributed by atoms with Crippen LogP contribution in [0.5, 0.6) is 0 Å². The maximum atomic E-state index is 13.1. The monoisotopic (exact) mass is 343 g/mol. The molecule has 1 N–H and O–H groups in total. The van der Waals surface area contributed by atoms with Crippen molar-refractivity contribution in [3.8, 4) is 0 Å². The molecular formula is C20H22FNO3. The highest BCUT2D eigenvalue weighted by atomic mass is 19.1. The molecule has 4 nitrogen and oxygen atoms in total. The van der Waals surface area contributed by atoms with Crippen molar-refractivity contribution in [2.45, 2.75) is 32.6 Å². The fourth-order valence-corrected chi connectivity index (χ4v) is 2.34. The number of anilines is 1. The second-order valence-electron chi connectivity index (χ2n) is 5.95. The zero-order valence-corrected chi connectivity index (χ0v) is 14.4. The number of hydrogen-bond donors (Lipinski definition) is 1. The van der Waals surface area contributed by atoms with Gasteiger partial charge in [0.1, 0.15) is 5.82 Å². The molecule has 1 atom stereocenters. The molecule has 5 heteroatoms.